The van der Waals surface area contributed by atoms with Crippen molar-refractivity contribution >= 4 is 5.97 Å². The summed E-state index contributed by atoms with van der Waals surface area (Å²) in [6, 6.07) is 2.53. The minimum atomic E-state index is -1.01. The van der Waals surface area contributed by atoms with Crippen molar-refractivity contribution in [2.24, 2.45) is 5.73 Å². The van der Waals surface area contributed by atoms with Crippen molar-refractivity contribution < 1.29 is 15.0 Å². The van der Waals surface area contributed by atoms with Crippen LogP contribution in [0.1, 0.15) is 40.9 Å². The van der Waals surface area contributed by atoms with E-state index in [0.717, 1.165) is 0 Å². The number of hydrogen-bond acceptors (Lipinski definition) is 3. The highest BCUT2D eigenvalue weighted by Gasteiger charge is 2.15. The van der Waals surface area contributed by atoms with Crippen molar-refractivity contribution in [3.63, 3.8) is 0 Å². The summed E-state index contributed by atoms with van der Waals surface area (Å²) >= 11 is 0. The van der Waals surface area contributed by atoms with Gasteiger partial charge in [0.25, 0.3) is 0 Å². The SMILES string of the molecule is CC[C@H](N)c1cc(C(=O)O)cc(C)c1O. The lowest BCUT2D eigenvalue weighted by atomic mass is 9.98. The Morgan fingerprint density at radius 1 is 1.53 bits per heavy atom. The quantitative estimate of drug-likeness (QED) is 0.708. The van der Waals surface area contributed by atoms with Crippen LogP contribution in [0.5, 0.6) is 5.75 Å². The maximum absolute atomic E-state index is 10.8. The lowest BCUT2D eigenvalue weighted by Crippen LogP contribution is -2.11. The number of rotatable bonds is 3. The van der Waals surface area contributed by atoms with Crippen molar-refractivity contribution in [1.82, 2.24) is 0 Å². The molecule has 0 radical (unpaired) electrons. The Kier molecular flexibility index (Phi) is 3.31. The zero-order valence-electron chi connectivity index (χ0n) is 8.82. The molecule has 0 aliphatic heterocycles. The molecule has 0 fully saturated rings. The van der Waals surface area contributed by atoms with E-state index in [0.29, 0.717) is 17.5 Å². The number of carbonyl (C=O) groups is 1. The van der Waals surface area contributed by atoms with Crippen LogP contribution in [0.2, 0.25) is 0 Å². The van der Waals surface area contributed by atoms with Crippen LogP contribution in [-0.2, 0) is 0 Å². The van der Waals surface area contributed by atoms with Crippen molar-refractivity contribution in [3.8, 4) is 5.75 Å². The van der Waals surface area contributed by atoms with Crippen LogP contribution in [0.15, 0.2) is 12.1 Å². The molecule has 0 amide bonds. The first kappa shape index (κ1) is 11.5. The number of phenols is 1. The molecule has 0 unspecified atom stereocenters. The van der Waals surface area contributed by atoms with Crippen molar-refractivity contribution in [2.75, 3.05) is 0 Å². The van der Waals surface area contributed by atoms with Crippen LogP contribution in [0, 0.1) is 6.92 Å². The molecule has 0 heterocycles. The number of aryl methyl sites for hydroxylation is 1. The second kappa shape index (κ2) is 4.31. The van der Waals surface area contributed by atoms with Gasteiger partial charge < -0.3 is 15.9 Å². The van der Waals surface area contributed by atoms with Gasteiger partial charge in [0, 0.05) is 11.6 Å². The predicted octanol–water partition coefficient (Wildman–Crippen LogP) is 1.81. The van der Waals surface area contributed by atoms with Crippen LogP contribution < -0.4 is 5.73 Å². The highest BCUT2D eigenvalue weighted by atomic mass is 16.4. The van der Waals surface area contributed by atoms with Crippen molar-refractivity contribution in [2.45, 2.75) is 26.3 Å². The number of aromatic carboxylic acids is 1. The van der Waals surface area contributed by atoms with E-state index < -0.39 is 5.97 Å². The fourth-order valence-corrected chi connectivity index (χ4v) is 1.43. The highest BCUT2D eigenvalue weighted by molar-refractivity contribution is 5.88. The fourth-order valence-electron chi connectivity index (χ4n) is 1.43. The van der Waals surface area contributed by atoms with Crippen LogP contribution in [0.25, 0.3) is 0 Å². The molecular formula is C11H15NO3. The van der Waals surface area contributed by atoms with E-state index in [1.807, 2.05) is 6.92 Å². The first-order valence-corrected chi connectivity index (χ1v) is 4.79. The molecule has 0 aromatic heterocycles. The second-order valence-corrected chi connectivity index (χ2v) is 3.55. The average molecular weight is 209 g/mol. The minimum Gasteiger partial charge on any atom is -0.507 e. The van der Waals surface area contributed by atoms with Crippen LogP contribution in [-0.4, -0.2) is 16.2 Å². The summed E-state index contributed by atoms with van der Waals surface area (Å²) in [6.07, 6.45) is 0.649. The van der Waals surface area contributed by atoms with Gasteiger partial charge in [-0.1, -0.05) is 6.92 Å². The molecule has 0 bridgehead atoms. The standard InChI is InChI=1S/C11H15NO3/c1-3-9(12)8-5-7(11(14)15)4-6(2)10(8)13/h4-5,9,13H,3,12H2,1-2H3,(H,14,15)/t9-/m0/s1. The van der Waals surface area contributed by atoms with Gasteiger partial charge in [-0.15, -0.1) is 0 Å². The first-order valence-electron chi connectivity index (χ1n) is 4.79. The summed E-state index contributed by atoms with van der Waals surface area (Å²) in [5.74, 6) is -0.919. The summed E-state index contributed by atoms with van der Waals surface area (Å²) in [5, 5.41) is 18.6. The maximum atomic E-state index is 10.8. The molecule has 1 atom stereocenters. The largest absolute Gasteiger partial charge is 0.507 e. The van der Waals surface area contributed by atoms with E-state index in [9.17, 15) is 9.90 Å². The molecule has 15 heavy (non-hydrogen) atoms. The molecule has 0 aliphatic rings. The Bertz CT molecular complexity index is 388. The summed E-state index contributed by atoms with van der Waals surface area (Å²) in [7, 11) is 0. The van der Waals surface area contributed by atoms with E-state index in [-0.39, 0.29) is 17.4 Å². The normalized spacial score (nSPS) is 12.5. The Hall–Kier alpha value is -1.55. The lowest BCUT2D eigenvalue weighted by Gasteiger charge is -2.14. The van der Waals surface area contributed by atoms with E-state index >= 15 is 0 Å². The van der Waals surface area contributed by atoms with Gasteiger partial charge in [0.05, 0.1) is 5.56 Å². The van der Waals surface area contributed by atoms with Gasteiger partial charge >= 0.3 is 5.97 Å². The lowest BCUT2D eigenvalue weighted by molar-refractivity contribution is 0.0696. The molecule has 0 saturated heterocycles. The van der Waals surface area contributed by atoms with Gasteiger partial charge in [-0.2, -0.15) is 0 Å². The average Bonchev–Trinajstić information content (AvgIpc) is 2.20. The third kappa shape index (κ3) is 2.27. The fraction of sp³-hybridized carbons (Fsp3) is 0.364. The van der Waals surface area contributed by atoms with Crippen molar-refractivity contribution in [3.05, 3.63) is 28.8 Å². The summed E-state index contributed by atoms with van der Waals surface area (Å²) in [4.78, 5) is 10.8. The Balaban J connectivity index is 3.31. The van der Waals surface area contributed by atoms with Gasteiger partial charge in [0.2, 0.25) is 0 Å². The number of aromatic hydroxyl groups is 1. The molecule has 82 valence electrons. The zero-order valence-corrected chi connectivity index (χ0v) is 8.82. The van der Waals surface area contributed by atoms with E-state index in [1.165, 1.54) is 12.1 Å². The Morgan fingerprint density at radius 3 is 2.60 bits per heavy atom. The molecule has 1 aromatic carbocycles. The summed E-state index contributed by atoms with van der Waals surface area (Å²) in [5.41, 5.74) is 6.97. The Labute approximate surface area is 88.3 Å². The molecule has 4 N–H and O–H groups in total. The minimum absolute atomic E-state index is 0.0920. The van der Waals surface area contributed by atoms with E-state index in [2.05, 4.69) is 0 Å². The molecule has 4 heteroatoms. The van der Waals surface area contributed by atoms with Gasteiger partial charge in [-0.05, 0) is 31.0 Å². The topological polar surface area (TPSA) is 83.6 Å². The van der Waals surface area contributed by atoms with Crippen LogP contribution in [0.3, 0.4) is 0 Å². The molecule has 1 rings (SSSR count). The predicted molar refractivity (Wildman–Crippen MR) is 57.0 cm³/mol. The molecule has 1 aromatic rings. The monoisotopic (exact) mass is 209 g/mol. The number of carboxylic acids is 1. The van der Waals surface area contributed by atoms with Gasteiger partial charge in [0.1, 0.15) is 5.75 Å². The van der Waals surface area contributed by atoms with Crippen LogP contribution >= 0.6 is 0 Å². The maximum Gasteiger partial charge on any atom is 0.335 e. The van der Waals surface area contributed by atoms with Gasteiger partial charge in [-0.25, -0.2) is 4.79 Å². The van der Waals surface area contributed by atoms with Crippen molar-refractivity contribution in [1.29, 1.82) is 0 Å². The molecule has 0 aliphatic carbocycles. The summed E-state index contributed by atoms with van der Waals surface area (Å²) in [6.45, 7) is 3.54. The smallest absolute Gasteiger partial charge is 0.335 e. The van der Waals surface area contributed by atoms with Gasteiger partial charge in [-0.3, -0.25) is 0 Å². The number of hydrogen-bond donors (Lipinski definition) is 3. The van der Waals surface area contributed by atoms with E-state index in [4.69, 9.17) is 10.8 Å². The number of phenolic OH excluding ortho intramolecular Hbond substituents is 1. The first-order chi connectivity index (χ1) is 6.97. The number of benzene rings is 1. The van der Waals surface area contributed by atoms with Crippen LogP contribution in [0.4, 0.5) is 0 Å². The second-order valence-electron chi connectivity index (χ2n) is 3.55. The molecule has 0 spiro atoms. The summed E-state index contributed by atoms with van der Waals surface area (Å²) < 4.78 is 0. The number of carboxylic acid groups (broad SMARTS) is 1. The Morgan fingerprint density at radius 2 is 2.13 bits per heavy atom. The molecule has 0 saturated carbocycles. The zero-order chi connectivity index (χ0) is 11.6. The number of nitrogens with two attached hydrogens (primary N) is 1. The van der Waals surface area contributed by atoms with E-state index in [1.54, 1.807) is 6.92 Å². The third-order valence-corrected chi connectivity index (χ3v) is 2.42. The highest BCUT2D eigenvalue weighted by Crippen LogP contribution is 2.29. The molecular weight excluding hydrogens is 194 g/mol. The van der Waals surface area contributed by atoms with Gasteiger partial charge in [0.15, 0.2) is 0 Å². The molecule has 4 nitrogen and oxygen atoms in total. The third-order valence-electron chi connectivity index (χ3n) is 2.42.